The summed E-state index contributed by atoms with van der Waals surface area (Å²) < 4.78 is 29.6. The summed E-state index contributed by atoms with van der Waals surface area (Å²) in [5.41, 5.74) is 0.0359. The van der Waals surface area contributed by atoms with Gasteiger partial charge in [-0.2, -0.15) is 0 Å². The van der Waals surface area contributed by atoms with Crippen LogP contribution in [0.2, 0.25) is 0 Å². The van der Waals surface area contributed by atoms with Gasteiger partial charge in [0.05, 0.1) is 26.4 Å². The molecule has 2 saturated heterocycles. The van der Waals surface area contributed by atoms with E-state index >= 15 is 0 Å². The molecule has 6 nitrogen and oxygen atoms in total. The number of ether oxygens (including phenoxy) is 5. The van der Waals surface area contributed by atoms with Crippen LogP contribution < -0.4 is 0 Å². The molecular weight excluding hydrogens is 456 g/mol. The molecule has 0 aromatic heterocycles. The van der Waals surface area contributed by atoms with E-state index in [-0.39, 0.29) is 29.7 Å². The number of hydrogen-bond acceptors (Lipinski definition) is 6. The minimum Gasteiger partial charge on any atom is -0.466 e. The van der Waals surface area contributed by atoms with Gasteiger partial charge in [0.2, 0.25) is 0 Å². The van der Waals surface area contributed by atoms with Crippen molar-refractivity contribution in [2.75, 3.05) is 26.9 Å². The van der Waals surface area contributed by atoms with Gasteiger partial charge < -0.3 is 23.7 Å². The maximum Gasteiger partial charge on any atom is 0.330 e. The Bertz CT molecular complexity index is 743. The predicted octanol–water partition coefficient (Wildman–Crippen LogP) is 6.51. The van der Waals surface area contributed by atoms with E-state index in [1.165, 1.54) is 32.4 Å². The predicted molar refractivity (Wildman–Crippen MR) is 141 cm³/mol. The SMILES string of the molecule is CCCCC(C)(C)C(C=CC1CCC2(OCCO2)C1CCC=CC=CC(=O)OC)OC1CCCCO1. The summed E-state index contributed by atoms with van der Waals surface area (Å²) in [6.45, 7) is 9.02. The summed E-state index contributed by atoms with van der Waals surface area (Å²) in [7, 11) is 1.38. The maximum absolute atomic E-state index is 11.2. The van der Waals surface area contributed by atoms with Crippen molar-refractivity contribution in [2.45, 2.75) is 103 Å². The van der Waals surface area contributed by atoms with Gasteiger partial charge in [-0.1, -0.05) is 64.0 Å². The Morgan fingerprint density at radius 3 is 2.64 bits per heavy atom. The molecule has 3 rings (SSSR count). The van der Waals surface area contributed by atoms with Crippen LogP contribution in [0.25, 0.3) is 0 Å². The third kappa shape index (κ3) is 8.27. The molecule has 1 aliphatic carbocycles. The van der Waals surface area contributed by atoms with Gasteiger partial charge in [0.25, 0.3) is 0 Å². The fraction of sp³-hybridized carbons (Fsp3) is 0.767. The number of carbonyl (C=O) groups is 1. The van der Waals surface area contributed by atoms with Crippen LogP contribution in [0.15, 0.2) is 36.5 Å². The first-order chi connectivity index (χ1) is 17.4. The van der Waals surface area contributed by atoms with E-state index in [4.69, 9.17) is 18.9 Å². The zero-order chi connectivity index (χ0) is 25.9. The highest BCUT2D eigenvalue weighted by Crippen LogP contribution is 2.49. The average Bonchev–Trinajstić information content (AvgIpc) is 3.50. The third-order valence-electron chi connectivity index (χ3n) is 7.92. The first kappa shape index (κ1) is 29.1. The Hall–Kier alpha value is -1.47. The van der Waals surface area contributed by atoms with Crippen molar-refractivity contribution in [3.05, 3.63) is 36.5 Å². The van der Waals surface area contributed by atoms with Crippen LogP contribution in [-0.4, -0.2) is 51.1 Å². The van der Waals surface area contributed by atoms with Crippen molar-refractivity contribution in [2.24, 2.45) is 17.3 Å². The van der Waals surface area contributed by atoms with E-state index in [2.05, 4.69) is 43.7 Å². The lowest BCUT2D eigenvalue weighted by molar-refractivity contribution is -0.198. The Morgan fingerprint density at radius 1 is 1.14 bits per heavy atom. The number of esters is 1. The van der Waals surface area contributed by atoms with Gasteiger partial charge in [-0.05, 0) is 56.3 Å². The van der Waals surface area contributed by atoms with Crippen LogP contribution >= 0.6 is 0 Å². The molecule has 0 N–H and O–H groups in total. The number of rotatable bonds is 13. The van der Waals surface area contributed by atoms with E-state index in [0.717, 1.165) is 51.6 Å². The zero-order valence-electron chi connectivity index (χ0n) is 22.9. The summed E-state index contributed by atoms with van der Waals surface area (Å²) in [4.78, 5) is 11.2. The number of allylic oxidation sites excluding steroid dienone is 4. The van der Waals surface area contributed by atoms with Crippen molar-refractivity contribution in [3.63, 3.8) is 0 Å². The minimum absolute atomic E-state index is 0.0121. The molecule has 4 atom stereocenters. The Kier molecular flexibility index (Phi) is 11.7. The first-order valence-electron chi connectivity index (χ1n) is 14.0. The Balaban J connectivity index is 1.69. The highest BCUT2D eigenvalue weighted by molar-refractivity contribution is 5.82. The van der Waals surface area contributed by atoms with Gasteiger partial charge in [0, 0.05) is 25.0 Å². The second-order valence-electron chi connectivity index (χ2n) is 11.0. The monoisotopic (exact) mass is 504 g/mol. The first-order valence-corrected chi connectivity index (χ1v) is 14.0. The second kappa shape index (κ2) is 14.5. The lowest BCUT2D eigenvalue weighted by Gasteiger charge is -2.36. The van der Waals surface area contributed by atoms with Crippen LogP contribution in [-0.2, 0) is 28.5 Å². The molecule has 3 aliphatic rings. The van der Waals surface area contributed by atoms with Crippen molar-refractivity contribution >= 4 is 5.97 Å². The molecule has 4 unspecified atom stereocenters. The third-order valence-corrected chi connectivity index (χ3v) is 7.92. The van der Waals surface area contributed by atoms with Gasteiger partial charge in [-0.3, -0.25) is 0 Å². The topological polar surface area (TPSA) is 63.2 Å². The normalized spacial score (nSPS) is 27.6. The van der Waals surface area contributed by atoms with Crippen LogP contribution in [0.5, 0.6) is 0 Å². The molecule has 0 amide bonds. The van der Waals surface area contributed by atoms with Crippen molar-refractivity contribution in [1.29, 1.82) is 0 Å². The van der Waals surface area contributed by atoms with E-state index in [0.29, 0.717) is 19.1 Å². The number of carbonyl (C=O) groups excluding carboxylic acids is 1. The molecule has 0 aromatic carbocycles. The zero-order valence-corrected chi connectivity index (χ0v) is 22.9. The lowest BCUT2D eigenvalue weighted by atomic mass is 9.80. The summed E-state index contributed by atoms with van der Waals surface area (Å²) >= 11 is 0. The van der Waals surface area contributed by atoms with E-state index in [9.17, 15) is 4.79 Å². The molecule has 204 valence electrons. The second-order valence-corrected chi connectivity index (χ2v) is 11.0. The number of unbranched alkanes of at least 4 members (excludes halogenated alkanes) is 1. The molecule has 6 heteroatoms. The molecule has 0 bridgehead atoms. The molecular formula is C30H48O6. The highest BCUT2D eigenvalue weighted by atomic mass is 16.7. The molecule has 0 aromatic rings. The molecule has 36 heavy (non-hydrogen) atoms. The van der Waals surface area contributed by atoms with Crippen LogP contribution in [0.1, 0.15) is 85.0 Å². The molecule has 2 aliphatic heterocycles. The Labute approximate surface area is 218 Å². The van der Waals surface area contributed by atoms with Gasteiger partial charge in [-0.15, -0.1) is 0 Å². The smallest absolute Gasteiger partial charge is 0.330 e. The molecule has 1 spiro atoms. The fourth-order valence-corrected chi connectivity index (χ4v) is 5.72. The van der Waals surface area contributed by atoms with Crippen LogP contribution in [0.4, 0.5) is 0 Å². The summed E-state index contributed by atoms with van der Waals surface area (Å²) in [5, 5.41) is 0. The maximum atomic E-state index is 11.2. The molecule has 2 heterocycles. The van der Waals surface area contributed by atoms with E-state index in [1.807, 2.05) is 6.08 Å². The Morgan fingerprint density at radius 2 is 1.94 bits per heavy atom. The number of methoxy groups -OCH3 is 1. The minimum atomic E-state index is -0.467. The van der Waals surface area contributed by atoms with E-state index in [1.54, 1.807) is 6.08 Å². The standard InChI is InChI=1S/C30H48O6/c1-5-6-19-29(2,3)26(36-28-15-11-12-21-33-28)17-16-24-18-20-30(34-22-23-35-30)25(24)13-9-7-8-10-14-27(31)32-4/h7-8,10,14,16-17,24-26,28H,5-6,9,11-13,15,18-23H2,1-4H3. The van der Waals surface area contributed by atoms with E-state index < -0.39 is 5.79 Å². The number of hydrogen-bond donors (Lipinski definition) is 0. The molecule has 3 fully saturated rings. The largest absolute Gasteiger partial charge is 0.466 e. The molecule has 1 saturated carbocycles. The van der Waals surface area contributed by atoms with Gasteiger partial charge in [0.15, 0.2) is 12.1 Å². The van der Waals surface area contributed by atoms with Gasteiger partial charge in [0.1, 0.15) is 0 Å². The van der Waals surface area contributed by atoms with Crippen molar-refractivity contribution in [3.8, 4) is 0 Å². The van der Waals surface area contributed by atoms with Gasteiger partial charge >= 0.3 is 5.97 Å². The van der Waals surface area contributed by atoms with Crippen molar-refractivity contribution < 1.29 is 28.5 Å². The summed E-state index contributed by atoms with van der Waals surface area (Å²) in [5.74, 6) is -0.145. The fourth-order valence-electron chi connectivity index (χ4n) is 5.72. The average molecular weight is 505 g/mol. The molecule has 0 radical (unpaired) electrons. The highest BCUT2D eigenvalue weighted by Gasteiger charge is 2.51. The van der Waals surface area contributed by atoms with Crippen molar-refractivity contribution in [1.82, 2.24) is 0 Å². The van der Waals surface area contributed by atoms with Gasteiger partial charge in [-0.25, -0.2) is 4.79 Å². The van der Waals surface area contributed by atoms with Crippen LogP contribution in [0.3, 0.4) is 0 Å². The summed E-state index contributed by atoms with van der Waals surface area (Å²) in [6.07, 6.45) is 22.4. The lowest BCUT2D eigenvalue weighted by Crippen LogP contribution is -2.37. The van der Waals surface area contributed by atoms with Crippen LogP contribution in [0, 0.1) is 17.3 Å². The quantitative estimate of drug-likeness (QED) is 0.123. The summed E-state index contributed by atoms with van der Waals surface area (Å²) in [6, 6.07) is 0.